The van der Waals surface area contributed by atoms with Gasteiger partial charge in [-0.2, -0.15) is 0 Å². The van der Waals surface area contributed by atoms with Gasteiger partial charge in [-0.1, -0.05) is 240 Å². The Morgan fingerprint density at radius 3 is 0.912 bits per heavy atom. The maximum Gasteiger partial charge on any atom is 0.306 e. The molecular weight excluding hydrogens is 709 g/mol. The topological polar surface area (TPSA) is 78.9 Å². The van der Waals surface area contributed by atoms with Gasteiger partial charge in [0.15, 0.2) is 6.10 Å². The Bertz CT molecular complexity index is 874. The summed E-state index contributed by atoms with van der Waals surface area (Å²) in [7, 11) is 0. The van der Waals surface area contributed by atoms with Crippen LogP contribution < -0.4 is 0 Å². The molecular formula is C51H98O6. The second kappa shape index (κ2) is 44.0. The van der Waals surface area contributed by atoms with E-state index in [1.807, 2.05) is 0 Å². The van der Waals surface area contributed by atoms with Crippen LogP contribution in [-0.4, -0.2) is 37.2 Å². The third-order valence-electron chi connectivity index (χ3n) is 12.2. The van der Waals surface area contributed by atoms with E-state index in [-0.39, 0.29) is 31.1 Å². The monoisotopic (exact) mass is 807 g/mol. The van der Waals surface area contributed by atoms with Crippen LogP contribution in [0.5, 0.6) is 0 Å². The Morgan fingerprint density at radius 1 is 0.351 bits per heavy atom. The molecule has 0 saturated heterocycles. The maximum absolute atomic E-state index is 12.8. The van der Waals surface area contributed by atoms with Gasteiger partial charge in [0.05, 0.1) is 0 Å². The van der Waals surface area contributed by atoms with Gasteiger partial charge in [0.1, 0.15) is 13.2 Å². The number of esters is 3. The number of rotatable bonds is 45. The average Bonchev–Trinajstić information content (AvgIpc) is 3.21. The normalized spacial score (nSPS) is 13.0. The molecule has 0 amide bonds. The van der Waals surface area contributed by atoms with Crippen molar-refractivity contribution >= 4 is 17.9 Å². The summed E-state index contributed by atoms with van der Waals surface area (Å²) in [5.41, 5.74) is 0. The summed E-state index contributed by atoms with van der Waals surface area (Å²) in [5.74, 6) is 0.889. The summed E-state index contributed by atoms with van der Waals surface area (Å²) >= 11 is 0. The van der Waals surface area contributed by atoms with Crippen LogP contribution in [0, 0.1) is 11.8 Å². The molecule has 0 rings (SSSR count). The molecule has 0 radical (unpaired) electrons. The number of unbranched alkanes of at least 4 members (excludes halogenated alkanes) is 28. The molecule has 2 unspecified atom stereocenters. The summed E-state index contributed by atoms with van der Waals surface area (Å²) in [6.07, 6.45) is 43.6. The maximum atomic E-state index is 12.8. The third-order valence-corrected chi connectivity index (χ3v) is 12.2. The summed E-state index contributed by atoms with van der Waals surface area (Å²) in [5, 5.41) is 0. The summed E-state index contributed by atoms with van der Waals surface area (Å²) < 4.78 is 16.8. The summed E-state index contributed by atoms with van der Waals surface area (Å²) in [6, 6.07) is 0. The molecule has 0 saturated carbocycles. The van der Waals surface area contributed by atoms with Gasteiger partial charge in [-0.05, 0) is 31.1 Å². The minimum Gasteiger partial charge on any atom is -0.462 e. The quantitative estimate of drug-likeness (QED) is 0.0346. The number of carbonyl (C=O) groups excluding carboxylic acids is 3. The molecule has 0 N–H and O–H groups in total. The lowest BCUT2D eigenvalue weighted by Crippen LogP contribution is -2.30. The molecule has 338 valence electrons. The lowest BCUT2D eigenvalue weighted by Gasteiger charge is -2.18. The SMILES string of the molecule is CCCCCCCCCCCC(=O)OC[C@H](COC(=O)CCCCCCCCCCC(C)CC)OC(=O)CCCCCCCCCCCCCCCCC(C)CC. The zero-order valence-electron chi connectivity index (χ0n) is 39.0. The van der Waals surface area contributed by atoms with Crippen LogP contribution in [0.15, 0.2) is 0 Å². The molecule has 6 nitrogen and oxygen atoms in total. The zero-order chi connectivity index (χ0) is 41.9. The van der Waals surface area contributed by atoms with E-state index >= 15 is 0 Å². The van der Waals surface area contributed by atoms with Crippen molar-refractivity contribution < 1.29 is 28.6 Å². The van der Waals surface area contributed by atoms with E-state index in [0.29, 0.717) is 19.3 Å². The van der Waals surface area contributed by atoms with Gasteiger partial charge in [0, 0.05) is 19.3 Å². The molecule has 0 spiro atoms. The highest BCUT2D eigenvalue weighted by atomic mass is 16.6. The van der Waals surface area contributed by atoms with E-state index in [4.69, 9.17) is 14.2 Å². The molecule has 0 aromatic heterocycles. The van der Waals surface area contributed by atoms with Gasteiger partial charge < -0.3 is 14.2 Å². The van der Waals surface area contributed by atoms with Gasteiger partial charge in [0.25, 0.3) is 0 Å². The van der Waals surface area contributed by atoms with Gasteiger partial charge >= 0.3 is 17.9 Å². The molecule has 0 fully saturated rings. The van der Waals surface area contributed by atoms with Gasteiger partial charge in [-0.3, -0.25) is 14.4 Å². The van der Waals surface area contributed by atoms with E-state index in [2.05, 4.69) is 34.6 Å². The van der Waals surface area contributed by atoms with Crippen LogP contribution in [0.25, 0.3) is 0 Å². The predicted octanol–water partition coefficient (Wildman–Crippen LogP) is 16.1. The van der Waals surface area contributed by atoms with Crippen molar-refractivity contribution in [2.45, 2.75) is 285 Å². The molecule has 0 heterocycles. The fraction of sp³-hybridized carbons (Fsp3) is 0.941. The first-order valence-corrected chi connectivity index (χ1v) is 25.3. The molecule has 0 aromatic carbocycles. The minimum atomic E-state index is -0.761. The first-order valence-electron chi connectivity index (χ1n) is 25.3. The van der Waals surface area contributed by atoms with E-state index in [1.165, 1.54) is 167 Å². The van der Waals surface area contributed by atoms with Crippen LogP contribution in [-0.2, 0) is 28.6 Å². The largest absolute Gasteiger partial charge is 0.462 e. The van der Waals surface area contributed by atoms with Crippen molar-refractivity contribution in [1.82, 2.24) is 0 Å². The standard InChI is InChI=1S/C51H98O6/c1-6-9-10-11-12-19-26-31-36-41-49(52)55-44-48(45-56-50(53)42-37-32-27-23-22-25-30-35-40-47(5)8-3)57-51(54)43-38-33-28-21-18-16-14-13-15-17-20-24-29-34-39-46(4)7-2/h46-48H,6-45H2,1-5H3/t46?,47?,48-/m1/s1. The van der Waals surface area contributed by atoms with Crippen LogP contribution in [0.4, 0.5) is 0 Å². The number of ether oxygens (including phenoxy) is 3. The molecule has 0 aliphatic heterocycles. The second-order valence-corrected chi connectivity index (χ2v) is 17.9. The van der Waals surface area contributed by atoms with E-state index in [9.17, 15) is 14.4 Å². The average molecular weight is 807 g/mol. The van der Waals surface area contributed by atoms with Crippen molar-refractivity contribution in [3.63, 3.8) is 0 Å². The van der Waals surface area contributed by atoms with Crippen LogP contribution in [0.2, 0.25) is 0 Å². The summed E-state index contributed by atoms with van der Waals surface area (Å²) in [4.78, 5) is 37.8. The van der Waals surface area contributed by atoms with Crippen LogP contribution in [0.1, 0.15) is 279 Å². The van der Waals surface area contributed by atoms with Crippen molar-refractivity contribution in [2.75, 3.05) is 13.2 Å². The van der Waals surface area contributed by atoms with Crippen LogP contribution in [0.3, 0.4) is 0 Å². The molecule has 0 aromatic rings. The second-order valence-electron chi connectivity index (χ2n) is 17.9. The van der Waals surface area contributed by atoms with Crippen molar-refractivity contribution in [3.8, 4) is 0 Å². The minimum absolute atomic E-state index is 0.0645. The smallest absolute Gasteiger partial charge is 0.306 e. The Hall–Kier alpha value is -1.59. The van der Waals surface area contributed by atoms with Crippen molar-refractivity contribution in [2.24, 2.45) is 11.8 Å². The van der Waals surface area contributed by atoms with E-state index < -0.39 is 6.10 Å². The fourth-order valence-electron chi connectivity index (χ4n) is 7.57. The van der Waals surface area contributed by atoms with Gasteiger partial charge in [-0.15, -0.1) is 0 Å². The molecule has 0 aliphatic carbocycles. The molecule has 6 heteroatoms. The Kier molecular flexibility index (Phi) is 42.7. The van der Waals surface area contributed by atoms with Crippen LogP contribution >= 0.6 is 0 Å². The predicted molar refractivity (Wildman–Crippen MR) is 243 cm³/mol. The Balaban J connectivity index is 4.27. The molecule has 57 heavy (non-hydrogen) atoms. The Morgan fingerprint density at radius 2 is 0.614 bits per heavy atom. The van der Waals surface area contributed by atoms with E-state index in [0.717, 1.165) is 69.6 Å². The zero-order valence-corrected chi connectivity index (χ0v) is 39.0. The number of hydrogen-bond donors (Lipinski definition) is 0. The lowest BCUT2D eigenvalue weighted by molar-refractivity contribution is -0.167. The Labute approximate surface area is 355 Å². The van der Waals surface area contributed by atoms with E-state index in [1.54, 1.807) is 0 Å². The number of carbonyl (C=O) groups is 3. The molecule has 3 atom stereocenters. The number of hydrogen-bond acceptors (Lipinski definition) is 6. The molecule has 0 bridgehead atoms. The fourth-order valence-corrected chi connectivity index (χ4v) is 7.57. The first kappa shape index (κ1) is 55.4. The summed E-state index contributed by atoms with van der Waals surface area (Å²) in [6.45, 7) is 11.4. The first-order chi connectivity index (χ1) is 27.8. The highest BCUT2D eigenvalue weighted by Crippen LogP contribution is 2.18. The molecule has 0 aliphatic rings. The van der Waals surface area contributed by atoms with Crippen molar-refractivity contribution in [3.05, 3.63) is 0 Å². The highest BCUT2D eigenvalue weighted by Gasteiger charge is 2.19. The van der Waals surface area contributed by atoms with Gasteiger partial charge in [0.2, 0.25) is 0 Å². The lowest BCUT2D eigenvalue weighted by atomic mass is 9.99. The third kappa shape index (κ3) is 42.3. The van der Waals surface area contributed by atoms with Gasteiger partial charge in [-0.25, -0.2) is 0 Å². The highest BCUT2D eigenvalue weighted by molar-refractivity contribution is 5.71. The van der Waals surface area contributed by atoms with Crippen molar-refractivity contribution in [1.29, 1.82) is 0 Å².